The largest absolute Gasteiger partial charge is 0.376 e. The minimum Gasteiger partial charge on any atom is -0.376 e. The fourth-order valence-corrected chi connectivity index (χ4v) is 4.96. The summed E-state index contributed by atoms with van der Waals surface area (Å²) in [7, 11) is 3.87. The van der Waals surface area contributed by atoms with E-state index in [4.69, 9.17) is 5.73 Å². The number of nitrogens with two attached hydrogens (primary N) is 1. The van der Waals surface area contributed by atoms with Crippen molar-refractivity contribution in [2.75, 3.05) is 43.5 Å². The lowest BCUT2D eigenvalue weighted by Crippen LogP contribution is -2.49. The SMILES string of the molecule is CC1=NC(N)C(=O)N(CC(=O)N2CC3CCC(CC3)C2)c2c1cccc2N(C)C. The van der Waals surface area contributed by atoms with Crippen LogP contribution in [0, 0.1) is 11.8 Å². The van der Waals surface area contributed by atoms with Crippen LogP contribution < -0.4 is 15.5 Å². The van der Waals surface area contributed by atoms with Crippen LogP contribution in [0.15, 0.2) is 23.2 Å². The Balaban J connectivity index is 1.68. The number of amides is 2. The van der Waals surface area contributed by atoms with Crippen LogP contribution in [-0.2, 0) is 9.59 Å². The normalized spacial score (nSPS) is 26.6. The van der Waals surface area contributed by atoms with Crippen molar-refractivity contribution in [3.63, 3.8) is 0 Å². The second-order valence-electron chi connectivity index (χ2n) is 8.84. The lowest BCUT2D eigenvalue weighted by molar-refractivity contribution is -0.132. The Morgan fingerprint density at radius 1 is 1.17 bits per heavy atom. The smallest absolute Gasteiger partial charge is 0.266 e. The van der Waals surface area contributed by atoms with Crippen molar-refractivity contribution in [2.24, 2.45) is 22.6 Å². The summed E-state index contributed by atoms with van der Waals surface area (Å²) in [6.07, 6.45) is 3.85. The van der Waals surface area contributed by atoms with Crippen LogP contribution in [0.1, 0.15) is 38.2 Å². The van der Waals surface area contributed by atoms with Gasteiger partial charge in [-0.1, -0.05) is 12.1 Å². The first-order valence-corrected chi connectivity index (χ1v) is 10.5. The number of benzodiazepines with no additional fused rings is 1. The molecule has 0 spiro atoms. The van der Waals surface area contributed by atoms with E-state index in [9.17, 15) is 9.59 Å². The van der Waals surface area contributed by atoms with Gasteiger partial charge in [-0.15, -0.1) is 0 Å². The molecule has 3 heterocycles. The van der Waals surface area contributed by atoms with E-state index in [-0.39, 0.29) is 18.4 Å². The van der Waals surface area contributed by atoms with Gasteiger partial charge < -0.3 is 15.5 Å². The molecule has 3 fully saturated rings. The predicted octanol–water partition coefficient (Wildman–Crippen LogP) is 1.84. The first-order chi connectivity index (χ1) is 13.8. The molecule has 1 aliphatic carbocycles. The summed E-state index contributed by atoms with van der Waals surface area (Å²) in [5.74, 6) is 0.858. The van der Waals surface area contributed by atoms with Crippen LogP contribution in [0.3, 0.4) is 0 Å². The van der Waals surface area contributed by atoms with Crippen LogP contribution in [0.5, 0.6) is 0 Å². The second kappa shape index (κ2) is 7.78. The van der Waals surface area contributed by atoms with E-state index in [1.807, 2.05) is 49.0 Å². The third-order valence-corrected chi connectivity index (χ3v) is 6.58. The molecule has 0 radical (unpaired) electrons. The molecule has 1 unspecified atom stereocenters. The number of nitrogens with zero attached hydrogens (tertiary/aromatic N) is 4. The summed E-state index contributed by atoms with van der Waals surface area (Å²) in [6.45, 7) is 3.48. The average Bonchev–Trinajstić information content (AvgIpc) is 3.07. The summed E-state index contributed by atoms with van der Waals surface area (Å²) in [5.41, 5.74) is 9.25. The zero-order chi connectivity index (χ0) is 20.7. The molecule has 4 aliphatic rings. The number of aliphatic imine (C=N–C) groups is 1. The molecule has 5 rings (SSSR count). The molecule has 7 heteroatoms. The number of carbonyl (C=O) groups excluding carboxylic acids is 2. The van der Waals surface area contributed by atoms with Crippen molar-refractivity contribution in [1.29, 1.82) is 0 Å². The summed E-state index contributed by atoms with van der Waals surface area (Å²) in [5, 5.41) is 0. The first kappa shape index (κ1) is 19.9. The first-order valence-electron chi connectivity index (χ1n) is 10.5. The molecule has 29 heavy (non-hydrogen) atoms. The number of rotatable bonds is 3. The third kappa shape index (κ3) is 3.75. The van der Waals surface area contributed by atoms with Gasteiger partial charge in [-0.05, 0) is 50.5 Å². The molecule has 2 amide bonds. The highest BCUT2D eigenvalue weighted by molar-refractivity contribution is 6.15. The van der Waals surface area contributed by atoms with E-state index in [1.54, 1.807) is 4.90 Å². The molecule has 2 saturated heterocycles. The number of benzene rings is 1. The van der Waals surface area contributed by atoms with E-state index in [0.29, 0.717) is 17.5 Å². The van der Waals surface area contributed by atoms with Gasteiger partial charge in [0.1, 0.15) is 6.54 Å². The highest BCUT2D eigenvalue weighted by Gasteiger charge is 2.36. The third-order valence-electron chi connectivity index (χ3n) is 6.58. The van der Waals surface area contributed by atoms with E-state index in [0.717, 1.165) is 30.0 Å². The fraction of sp³-hybridized carbons (Fsp3) is 0.591. The minimum absolute atomic E-state index is 0.00316. The molecule has 1 saturated carbocycles. The zero-order valence-corrected chi connectivity index (χ0v) is 17.6. The number of fused-ring (bicyclic) bond motifs is 5. The van der Waals surface area contributed by atoms with Crippen LogP contribution >= 0.6 is 0 Å². The van der Waals surface area contributed by atoms with Crippen molar-refractivity contribution in [3.8, 4) is 0 Å². The lowest BCUT2D eigenvalue weighted by Gasteiger charge is -2.31. The van der Waals surface area contributed by atoms with Crippen molar-refractivity contribution in [3.05, 3.63) is 23.8 Å². The molecule has 1 atom stereocenters. The topological polar surface area (TPSA) is 82.2 Å². The van der Waals surface area contributed by atoms with Gasteiger partial charge in [0, 0.05) is 38.5 Å². The summed E-state index contributed by atoms with van der Waals surface area (Å²) >= 11 is 0. The Morgan fingerprint density at radius 3 is 2.38 bits per heavy atom. The van der Waals surface area contributed by atoms with Crippen molar-refractivity contribution in [1.82, 2.24) is 4.90 Å². The number of para-hydroxylation sites is 1. The number of anilines is 2. The Bertz CT molecular complexity index is 828. The monoisotopic (exact) mass is 397 g/mol. The van der Waals surface area contributed by atoms with Crippen LogP contribution in [0.25, 0.3) is 0 Å². The second-order valence-corrected chi connectivity index (χ2v) is 8.84. The van der Waals surface area contributed by atoms with Gasteiger partial charge in [0.2, 0.25) is 5.91 Å². The molecule has 156 valence electrons. The maximum absolute atomic E-state index is 13.3. The Morgan fingerprint density at radius 2 is 1.79 bits per heavy atom. The Hall–Kier alpha value is -2.41. The number of carbonyl (C=O) groups is 2. The van der Waals surface area contributed by atoms with Gasteiger partial charge in [-0.2, -0.15) is 0 Å². The quantitative estimate of drug-likeness (QED) is 0.844. The average molecular weight is 398 g/mol. The summed E-state index contributed by atoms with van der Waals surface area (Å²) in [4.78, 5) is 36.3. The van der Waals surface area contributed by atoms with E-state index >= 15 is 0 Å². The summed E-state index contributed by atoms with van der Waals surface area (Å²) < 4.78 is 0. The molecular formula is C22H31N5O2. The van der Waals surface area contributed by atoms with Crippen molar-refractivity contribution < 1.29 is 9.59 Å². The van der Waals surface area contributed by atoms with Gasteiger partial charge >= 0.3 is 0 Å². The van der Waals surface area contributed by atoms with Gasteiger partial charge in [0.25, 0.3) is 5.91 Å². The molecule has 2 bridgehead atoms. The van der Waals surface area contributed by atoms with E-state index in [1.165, 1.54) is 25.7 Å². The standard InChI is InChI=1S/C22H31N5O2/c1-14-17-5-4-6-18(25(2)3)20(17)27(22(29)21(23)24-14)13-19(28)26-11-15-7-8-16(12-26)10-9-15/h4-6,15-16,21H,7-13,23H2,1-3H3. The zero-order valence-electron chi connectivity index (χ0n) is 17.6. The van der Waals surface area contributed by atoms with Crippen LogP contribution in [-0.4, -0.2) is 62.3 Å². The molecule has 1 aromatic rings. The minimum atomic E-state index is -0.995. The molecule has 0 aromatic heterocycles. The Labute approximate surface area is 172 Å². The number of hydrogen-bond donors (Lipinski definition) is 1. The summed E-state index contributed by atoms with van der Waals surface area (Å²) in [6, 6.07) is 5.84. The van der Waals surface area contributed by atoms with Gasteiger partial charge in [-0.3, -0.25) is 19.5 Å². The van der Waals surface area contributed by atoms with Gasteiger partial charge in [-0.25, -0.2) is 0 Å². The lowest BCUT2D eigenvalue weighted by atomic mass is 9.84. The van der Waals surface area contributed by atoms with Crippen molar-refractivity contribution in [2.45, 2.75) is 38.8 Å². The van der Waals surface area contributed by atoms with Gasteiger partial charge in [0.05, 0.1) is 11.4 Å². The highest BCUT2D eigenvalue weighted by Crippen LogP contribution is 2.36. The Kier molecular flexibility index (Phi) is 5.34. The van der Waals surface area contributed by atoms with Gasteiger partial charge in [0.15, 0.2) is 6.17 Å². The maximum atomic E-state index is 13.3. The maximum Gasteiger partial charge on any atom is 0.266 e. The number of hydrogen-bond acceptors (Lipinski definition) is 5. The molecular weight excluding hydrogens is 366 g/mol. The van der Waals surface area contributed by atoms with Crippen molar-refractivity contribution >= 4 is 28.9 Å². The predicted molar refractivity (Wildman–Crippen MR) is 115 cm³/mol. The molecule has 7 nitrogen and oxygen atoms in total. The fourth-order valence-electron chi connectivity index (χ4n) is 4.96. The van der Waals surface area contributed by atoms with Crippen LogP contribution in [0.4, 0.5) is 11.4 Å². The van der Waals surface area contributed by atoms with E-state index in [2.05, 4.69) is 4.99 Å². The highest BCUT2D eigenvalue weighted by atomic mass is 16.2. The molecule has 1 aromatic carbocycles. The van der Waals surface area contributed by atoms with Crippen LogP contribution in [0.2, 0.25) is 0 Å². The van der Waals surface area contributed by atoms with E-state index < -0.39 is 6.17 Å². The molecule has 2 N–H and O–H groups in total. The molecule has 3 aliphatic heterocycles.